The number of rotatable bonds is 14. The Kier molecular flexibility index (Phi) is 10.5. The summed E-state index contributed by atoms with van der Waals surface area (Å²) >= 11 is 0. The van der Waals surface area contributed by atoms with Gasteiger partial charge in [0.25, 0.3) is 0 Å². The molecule has 0 aliphatic heterocycles. The van der Waals surface area contributed by atoms with Crippen LogP contribution in [0.5, 0.6) is 0 Å². The second-order valence-corrected chi connectivity index (χ2v) is 4.86. The first-order valence-corrected chi connectivity index (χ1v) is 7.31. The molecule has 0 saturated heterocycles. The SMILES string of the molecule is COCCOCCOCCCCCCNC1CC1. The van der Waals surface area contributed by atoms with Crippen LogP contribution in [0.3, 0.4) is 0 Å². The summed E-state index contributed by atoms with van der Waals surface area (Å²) in [4.78, 5) is 0. The van der Waals surface area contributed by atoms with E-state index in [1.807, 2.05) is 0 Å². The van der Waals surface area contributed by atoms with Gasteiger partial charge in [-0.15, -0.1) is 0 Å². The number of nitrogens with one attached hydrogen (secondary N) is 1. The number of ether oxygens (including phenoxy) is 3. The summed E-state index contributed by atoms with van der Waals surface area (Å²) in [6.07, 6.45) is 7.84. The molecule has 0 unspecified atom stereocenters. The Hall–Kier alpha value is -0.160. The van der Waals surface area contributed by atoms with Gasteiger partial charge in [-0.25, -0.2) is 0 Å². The van der Waals surface area contributed by atoms with Crippen LogP contribution < -0.4 is 5.32 Å². The van der Waals surface area contributed by atoms with Crippen molar-refractivity contribution in [3.63, 3.8) is 0 Å². The molecular weight excluding hydrogens is 230 g/mol. The maximum atomic E-state index is 5.49. The van der Waals surface area contributed by atoms with Gasteiger partial charge in [-0.1, -0.05) is 12.8 Å². The molecule has 1 fully saturated rings. The molecule has 4 heteroatoms. The predicted octanol–water partition coefficient (Wildman–Crippen LogP) is 1.98. The Morgan fingerprint density at radius 3 is 2.22 bits per heavy atom. The van der Waals surface area contributed by atoms with Crippen LogP contribution in [0.4, 0.5) is 0 Å². The fraction of sp³-hybridized carbons (Fsp3) is 1.00. The molecule has 0 amide bonds. The molecular formula is C14H29NO3. The lowest BCUT2D eigenvalue weighted by atomic mass is 10.2. The first kappa shape index (κ1) is 15.9. The van der Waals surface area contributed by atoms with Crippen LogP contribution >= 0.6 is 0 Å². The Morgan fingerprint density at radius 1 is 0.833 bits per heavy atom. The summed E-state index contributed by atoms with van der Waals surface area (Å²) in [6.45, 7) is 4.76. The Morgan fingerprint density at radius 2 is 1.50 bits per heavy atom. The lowest BCUT2D eigenvalue weighted by Crippen LogP contribution is -2.17. The summed E-state index contributed by atoms with van der Waals surface area (Å²) < 4.78 is 15.7. The molecule has 1 aliphatic carbocycles. The largest absolute Gasteiger partial charge is 0.382 e. The van der Waals surface area contributed by atoms with Crippen molar-refractivity contribution in [1.82, 2.24) is 5.32 Å². The fourth-order valence-corrected chi connectivity index (χ4v) is 1.74. The van der Waals surface area contributed by atoms with Crippen molar-refractivity contribution in [2.75, 3.05) is 46.7 Å². The summed E-state index contributed by atoms with van der Waals surface area (Å²) in [5.41, 5.74) is 0. The number of hydrogen-bond donors (Lipinski definition) is 1. The Bertz CT molecular complexity index is 174. The highest BCUT2D eigenvalue weighted by molar-refractivity contribution is 4.80. The third kappa shape index (κ3) is 11.0. The van der Waals surface area contributed by atoms with Crippen LogP contribution in [-0.2, 0) is 14.2 Å². The van der Waals surface area contributed by atoms with E-state index in [1.54, 1.807) is 7.11 Å². The van der Waals surface area contributed by atoms with Gasteiger partial charge in [0.2, 0.25) is 0 Å². The molecule has 0 spiro atoms. The van der Waals surface area contributed by atoms with Crippen LogP contribution in [-0.4, -0.2) is 52.7 Å². The summed E-state index contributed by atoms with van der Waals surface area (Å²) in [7, 11) is 1.68. The van der Waals surface area contributed by atoms with Crippen molar-refractivity contribution in [2.45, 2.75) is 44.6 Å². The second-order valence-electron chi connectivity index (χ2n) is 4.86. The number of hydrogen-bond acceptors (Lipinski definition) is 4. The normalized spacial score (nSPS) is 15.2. The van der Waals surface area contributed by atoms with Crippen molar-refractivity contribution in [3.8, 4) is 0 Å². The van der Waals surface area contributed by atoms with E-state index in [0.29, 0.717) is 26.4 Å². The van der Waals surface area contributed by atoms with E-state index in [1.165, 1.54) is 45.1 Å². The number of unbranched alkanes of at least 4 members (excludes halogenated alkanes) is 3. The molecule has 0 bridgehead atoms. The van der Waals surface area contributed by atoms with Gasteiger partial charge in [0, 0.05) is 19.8 Å². The lowest BCUT2D eigenvalue weighted by molar-refractivity contribution is 0.0239. The molecule has 1 saturated carbocycles. The maximum Gasteiger partial charge on any atom is 0.0701 e. The average molecular weight is 259 g/mol. The Balaban J connectivity index is 1.60. The van der Waals surface area contributed by atoms with Crippen LogP contribution in [0.1, 0.15) is 38.5 Å². The summed E-state index contributed by atoms with van der Waals surface area (Å²) in [5.74, 6) is 0. The van der Waals surface area contributed by atoms with Gasteiger partial charge >= 0.3 is 0 Å². The average Bonchev–Trinajstić information content (AvgIpc) is 3.19. The van der Waals surface area contributed by atoms with E-state index >= 15 is 0 Å². The molecule has 1 aliphatic rings. The molecule has 1 rings (SSSR count). The first-order chi connectivity index (χ1) is 8.93. The lowest BCUT2D eigenvalue weighted by Gasteiger charge is -2.06. The smallest absolute Gasteiger partial charge is 0.0701 e. The van der Waals surface area contributed by atoms with Crippen molar-refractivity contribution in [3.05, 3.63) is 0 Å². The van der Waals surface area contributed by atoms with Gasteiger partial charge in [-0.05, 0) is 32.2 Å². The maximum absolute atomic E-state index is 5.49. The minimum Gasteiger partial charge on any atom is -0.382 e. The van der Waals surface area contributed by atoms with Gasteiger partial charge < -0.3 is 19.5 Å². The molecule has 0 aromatic carbocycles. The standard InChI is InChI=1S/C14H29NO3/c1-16-10-11-18-13-12-17-9-5-3-2-4-8-15-14-6-7-14/h14-15H,2-13H2,1H3. The zero-order chi connectivity index (χ0) is 12.9. The minimum atomic E-state index is 0.661. The van der Waals surface area contributed by atoms with Crippen molar-refractivity contribution in [1.29, 1.82) is 0 Å². The summed E-state index contributed by atoms with van der Waals surface area (Å²) in [6, 6.07) is 0.853. The fourth-order valence-electron chi connectivity index (χ4n) is 1.74. The molecule has 18 heavy (non-hydrogen) atoms. The van der Waals surface area contributed by atoms with Crippen molar-refractivity contribution < 1.29 is 14.2 Å². The topological polar surface area (TPSA) is 39.7 Å². The van der Waals surface area contributed by atoms with Crippen LogP contribution in [0, 0.1) is 0 Å². The van der Waals surface area contributed by atoms with Gasteiger partial charge in [0.05, 0.1) is 26.4 Å². The van der Waals surface area contributed by atoms with E-state index in [-0.39, 0.29) is 0 Å². The monoisotopic (exact) mass is 259 g/mol. The van der Waals surface area contributed by atoms with Crippen molar-refractivity contribution >= 4 is 0 Å². The van der Waals surface area contributed by atoms with Gasteiger partial charge in [-0.2, -0.15) is 0 Å². The molecule has 1 N–H and O–H groups in total. The van der Waals surface area contributed by atoms with E-state index < -0.39 is 0 Å². The van der Waals surface area contributed by atoms with E-state index in [4.69, 9.17) is 14.2 Å². The quantitative estimate of drug-likeness (QED) is 0.484. The second kappa shape index (κ2) is 11.9. The zero-order valence-electron chi connectivity index (χ0n) is 11.8. The highest BCUT2D eigenvalue weighted by atomic mass is 16.5. The minimum absolute atomic E-state index is 0.661. The number of methoxy groups -OCH3 is 1. The van der Waals surface area contributed by atoms with Crippen LogP contribution in [0.25, 0.3) is 0 Å². The van der Waals surface area contributed by atoms with Crippen LogP contribution in [0.2, 0.25) is 0 Å². The third-order valence-corrected chi connectivity index (χ3v) is 3.03. The predicted molar refractivity (Wildman–Crippen MR) is 73.0 cm³/mol. The molecule has 4 nitrogen and oxygen atoms in total. The van der Waals surface area contributed by atoms with Gasteiger partial charge in [0.1, 0.15) is 0 Å². The highest BCUT2D eigenvalue weighted by Crippen LogP contribution is 2.18. The Labute approximate surface area is 111 Å². The van der Waals surface area contributed by atoms with Crippen LogP contribution in [0.15, 0.2) is 0 Å². The van der Waals surface area contributed by atoms with Gasteiger partial charge in [-0.3, -0.25) is 0 Å². The van der Waals surface area contributed by atoms with E-state index in [9.17, 15) is 0 Å². The van der Waals surface area contributed by atoms with Gasteiger partial charge in [0.15, 0.2) is 0 Å². The van der Waals surface area contributed by atoms with E-state index in [2.05, 4.69) is 5.32 Å². The zero-order valence-corrected chi connectivity index (χ0v) is 11.8. The summed E-state index contributed by atoms with van der Waals surface area (Å²) in [5, 5.41) is 3.53. The molecule has 0 heterocycles. The molecule has 108 valence electrons. The van der Waals surface area contributed by atoms with Crippen molar-refractivity contribution in [2.24, 2.45) is 0 Å². The highest BCUT2D eigenvalue weighted by Gasteiger charge is 2.19. The van der Waals surface area contributed by atoms with E-state index in [0.717, 1.165) is 12.6 Å². The molecule has 0 radical (unpaired) electrons. The first-order valence-electron chi connectivity index (χ1n) is 7.31. The molecule has 0 atom stereocenters. The molecule has 0 aromatic rings. The molecule has 0 aromatic heterocycles. The third-order valence-electron chi connectivity index (χ3n) is 3.03.